The molecule has 0 aromatic heterocycles. The molecule has 1 aliphatic rings. The summed E-state index contributed by atoms with van der Waals surface area (Å²) in [5, 5.41) is 5.39. The van der Waals surface area contributed by atoms with Gasteiger partial charge in [0.05, 0.1) is 6.54 Å². The Hall–Kier alpha value is -1.88. The van der Waals surface area contributed by atoms with Gasteiger partial charge in [-0.1, -0.05) is 44.0 Å². The molecule has 1 saturated carbocycles. The summed E-state index contributed by atoms with van der Waals surface area (Å²) in [6, 6.07) is 7.92. The molecule has 3 amide bonds. The molecule has 0 bridgehead atoms. The third kappa shape index (κ3) is 5.64. The maximum Gasteiger partial charge on any atom is 0.321 e. The summed E-state index contributed by atoms with van der Waals surface area (Å²) >= 11 is 0. The van der Waals surface area contributed by atoms with E-state index in [1.165, 1.54) is 17.5 Å². The molecular formula is C19H29N3O2. The van der Waals surface area contributed by atoms with Crippen LogP contribution >= 0.6 is 0 Å². The molecule has 1 fully saturated rings. The minimum Gasteiger partial charge on any atom is -0.335 e. The third-order valence-corrected chi connectivity index (χ3v) is 4.80. The summed E-state index contributed by atoms with van der Waals surface area (Å²) in [7, 11) is 1.88. The summed E-state index contributed by atoms with van der Waals surface area (Å²) in [5.41, 5.74) is 2.39. The molecule has 1 aromatic rings. The van der Waals surface area contributed by atoms with Crippen LogP contribution in [0.25, 0.3) is 0 Å². The van der Waals surface area contributed by atoms with Crippen LogP contribution in [-0.2, 0) is 11.3 Å². The Morgan fingerprint density at radius 2 is 1.92 bits per heavy atom. The van der Waals surface area contributed by atoms with Gasteiger partial charge in [-0.3, -0.25) is 15.0 Å². The zero-order chi connectivity index (χ0) is 17.5. The molecule has 0 radical (unpaired) electrons. The highest BCUT2D eigenvalue weighted by molar-refractivity contribution is 5.95. The van der Waals surface area contributed by atoms with E-state index in [4.69, 9.17) is 0 Å². The first-order valence-electron chi connectivity index (χ1n) is 8.79. The third-order valence-electron chi connectivity index (χ3n) is 4.80. The van der Waals surface area contributed by atoms with E-state index in [-0.39, 0.29) is 24.5 Å². The lowest BCUT2D eigenvalue weighted by molar-refractivity contribution is -0.121. The van der Waals surface area contributed by atoms with Crippen LogP contribution in [0.15, 0.2) is 24.3 Å². The number of rotatable bonds is 5. The summed E-state index contributed by atoms with van der Waals surface area (Å²) < 4.78 is 0. The largest absolute Gasteiger partial charge is 0.335 e. The van der Waals surface area contributed by atoms with Gasteiger partial charge in [-0.05, 0) is 43.9 Å². The molecule has 0 saturated heterocycles. The van der Waals surface area contributed by atoms with E-state index in [0.717, 1.165) is 19.3 Å². The van der Waals surface area contributed by atoms with Gasteiger partial charge in [-0.25, -0.2) is 4.79 Å². The van der Waals surface area contributed by atoms with E-state index in [9.17, 15) is 9.59 Å². The van der Waals surface area contributed by atoms with Gasteiger partial charge < -0.3 is 5.32 Å². The summed E-state index contributed by atoms with van der Waals surface area (Å²) in [4.78, 5) is 26.0. The van der Waals surface area contributed by atoms with Crippen molar-refractivity contribution in [3.8, 4) is 0 Å². The van der Waals surface area contributed by atoms with E-state index in [2.05, 4.69) is 36.6 Å². The maximum absolute atomic E-state index is 12.0. The molecule has 2 rings (SSSR count). The number of amides is 3. The lowest BCUT2D eigenvalue weighted by Gasteiger charge is -2.29. The number of carbonyl (C=O) groups is 2. The molecular weight excluding hydrogens is 302 g/mol. The molecule has 0 heterocycles. The fourth-order valence-electron chi connectivity index (χ4n) is 3.28. The standard InChI is InChI=1S/C19H29N3O2/c1-14-8-4-6-10-16(14)12-22(3)13-18(23)21-19(24)20-17-11-7-5-9-15(17)2/h4,6,8,10,15,17H,5,7,9,11-13H2,1-3H3,(H2,20,21,23,24). The zero-order valence-corrected chi connectivity index (χ0v) is 15.0. The fraction of sp³-hybridized carbons (Fsp3) is 0.579. The van der Waals surface area contributed by atoms with Gasteiger partial charge in [-0.2, -0.15) is 0 Å². The number of benzene rings is 1. The van der Waals surface area contributed by atoms with Crippen molar-refractivity contribution in [3.63, 3.8) is 0 Å². The predicted molar refractivity (Wildman–Crippen MR) is 95.6 cm³/mol. The Kier molecular flexibility index (Phi) is 6.79. The van der Waals surface area contributed by atoms with E-state index in [1.807, 2.05) is 24.1 Å². The van der Waals surface area contributed by atoms with Crippen LogP contribution < -0.4 is 10.6 Å². The van der Waals surface area contributed by atoms with Gasteiger partial charge >= 0.3 is 6.03 Å². The zero-order valence-electron chi connectivity index (χ0n) is 15.0. The Bertz CT molecular complexity index is 573. The highest BCUT2D eigenvalue weighted by Gasteiger charge is 2.23. The van der Waals surface area contributed by atoms with E-state index in [0.29, 0.717) is 12.5 Å². The van der Waals surface area contributed by atoms with E-state index < -0.39 is 0 Å². The van der Waals surface area contributed by atoms with Crippen molar-refractivity contribution in [1.29, 1.82) is 0 Å². The average Bonchev–Trinajstić information content (AvgIpc) is 2.51. The summed E-state index contributed by atoms with van der Waals surface area (Å²) in [6.45, 7) is 5.09. The smallest absolute Gasteiger partial charge is 0.321 e. The number of imide groups is 1. The lowest BCUT2D eigenvalue weighted by atomic mass is 9.86. The molecule has 2 atom stereocenters. The molecule has 24 heavy (non-hydrogen) atoms. The molecule has 5 heteroatoms. The molecule has 0 spiro atoms. The Labute approximate surface area is 144 Å². The van der Waals surface area contributed by atoms with Crippen molar-refractivity contribution in [3.05, 3.63) is 35.4 Å². The van der Waals surface area contributed by atoms with E-state index >= 15 is 0 Å². The molecule has 1 aromatic carbocycles. The van der Waals surface area contributed by atoms with Crippen molar-refractivity contribution >= 4 is 11.9 Å². The molecule has 132 valence electrons. The fourth-order valence-corrected chi connectivity index (χ4v) is 3.28. The molecule has 2 unspecified atom stereocenters. The van der Waals surface area contributed by atoms with Gasteiger partial charge in [0.15, 0.2) is 0 Å². The topological polar surface area (TPSA) is 61.4 Å². The van der Waals surface area contributed by atoms with Crippen LogP contribution in [0.4, 0.5) is 4.79 Å². The van der Waals surface area contributed by atoms with Crippen molar-refractivity contribution in [2.24, 2.45) is 5.92 Å². The molecule has 2 N–H and O–H groups in total. The predicted octanol–water partition coefficient (Wildman–Crippen LogP) is 2.83. The van der Waals surface area contributed by atoms with Crippen LogP contribution in [0, 0.1) is 12.8 Å². The molecule has 5 nitrogen and oxygen atoms in total. The van der Waals surface area contributed by atoms with Gasteiger partial charge in [0.2, 0.25) is 5.91 Å². The van der Waals surface area contributed by atoms with Gasteiger partial charge in [0.25, 0.3) is 0 Å². The van der Waals surface area contributed by atoms with Crippen LogP contribution in [0.1, 0.15) is 43.7 Å². The number of nitrogens with zero attached hydrogens (tertiary/aromatic N) is 1. The van der Waals surface area contributed by atoms with Crippen LogP contribution in [0.2, 0.25) is 0 Å². The SMILES string of the molecule is Cc1ccccc1CN(C)CC(=O)NC(=O)NC1CCCCC1C. The second-order valence-corrected chi connectivity index (χ2v) is 6.99. The Morgan fingerprint density at radius 3 is 2.62 bits per heavy atom. The minimum atomic E-state index is -0.372. The number of nitrogens with one attached hydrogen (secondary N) is 2. The summed E-state index contributed by atoms with van der Waals surface area (Å²) in [5.74, 6) is 0.204. The number of hydrogen-bond donors (Lipinski definition) is 2. The highest BCUT2D eigenvalue weighted by Crippen LogP contribution is 2.23. The normalized spacial score (nSPS) is 20.7. The number of carbonyl (C=O) groups excluding carboxylic acids is 2. The first kappa shape index (κ1) is 18.5. The minimum absolute atomic E-state index is 0.177. The number of hydrogen-bond acceptors (Lipinski definition) is 3. The molecule has 0 aliphatic heterocycles. The number of likely N-dealkylation sites (N-methyl/N-ethyl adjacent to an activating group) is 1. The van der Waals surface area contributed by atoms with Crippen molar-refractivity contribution < 1.29 is 9.59 Å². The van der Waals surface area contributed by atoms with Crippen LogP contribution in [0.3, 0.4) is 0 Å². The second-order valence-electron chi connectivity index (χ2n) is 6.99. The van der Waals surface area contributed by atoms with Crippen LogP contribution in [-0.4, -0.2) is 36.5 Å². The number of urea groups is 1. The summed E-state index contributed by atoms with van der Waals surface area (Å²) in [6.07, 6.45) is 4.50. The average molecular weight is 331 g/mol. The van der Waals surface area contributed by atoms with Gasteiger partial charge in [0.1, 0.15) is 0 Å². The quantitative estimate of drug-likeness (QED) is 0.872. The van der Waals surface area contributed by atoms with Crippen LogP contribution in [0.5, 0.6) is 0 Å². The van der Waals surface area contributed by atoms with Crippen molar-refractivity contribution in [2.45, 2.75) is 52.1 Å². The van der Waals surface area contributed by atoms with Crippen molar-refractivity contribution in [2.75, 3.05) is 13.6 Å². The van der Waals surface area contributed by atoms with Gasteiger partial charge in [-0.15, -0.1) is 0 Å². The maximum atomic E-state index is 12.0. The van der Waals surface area contributed by atoms with E-state index in [1.54, 1.807) is 0 Å². The highest BCUT2D eigenvalue weighted by atomic mass is 16.2. The molecule has 1 aliphatic carbocycles. The second kappa shape index (κ2) is 8.83. The number of aryl methyl sites for hydroxylation is 1. The first-order valence-corrected chi connectivity index (χ1v) is 8.79. The van der Waals surface area contributed by atoms with Gasteiger partial charge in [0, 0.05) is 12.6 Å². The lowest BCUT2D eigenvalue weighted by Crippen LogP contribution is -2.49. The first-order chi connectivity index (χ1) is 11.5. The Balaban J connectivity index is 1.75. The van der Waals surface area contributed by atoms with Crippen molar-refractivity contribution in [1.82, 2.24) is 15.5 Å². The Morgan fingerprint density at radius 1 is 1.21 bits per heavy atom. The monoisotopic (exact) mass is 331 g/mol.